The van der Waals surface area contributed by atoms with Crippen molar-refractivity contribution in [3.05, 3.63) is 41.4 Å². The third kappa shape index (κ3) is 3.98. The molecule has 0 spiro atoms. The zero-order valence-corrected chi connectivity index (χ0v) is 14.3. The predicted molar refractivity (Wildman–Crippen MR) is 94.7 cm³/mol. The predicted octanol–water partition coefficient (Wildman–Crippen LogP) is 3.27. The molecule has 1 aromatic carbocycles. The molecule has 0 radical (unpaired) electrons. The number of carbonyl (C=O) groups is 1. The second-order valence-electron chi connectivity index (χ2n) is 5.95. The van der Waals surface area contributed by atoms with E-state index in [4.69, 9.17) is 0 Å². The molecule has 3 rings (SSSR count). The van der Waals surface area contributed by atoms with Gasteiger partial charge in [0.05, 0.1) is 0 Å². The smallest absolute Gasteiger partial charge is 0.273 e. The van der Waals surface area contributed by atoms with Gasteiger partial charge >= 0.3 is 0 Å². The fourth-order valence-corrected chi connectivity index (χ4v) is 3.74. The largest absolute Gasteiger partial charge is 0.337 e. The van der Waals surface area contributed by atoms with Gasteiger partial charge in [0.2, 0.25) is 0 Å². The highest BCUT2D eigenvalue weighted by atomic mass is 32.1. The number of carbonyl (C=O) groups excluding carboxylic acids is 1. The number of hydrogen-bond donors (Lipinski definition) is 1. The summed E-state index contributed by atoms with van der Waals surface area (Å²) in [5.41, 5.74) is 1.65. The summed E-state index contributed by atoms with van der Waals surface area (Å²) in [7, 11) is 0. The van der Waals surface area contributed by atoms with Gasteiger partial charge in [-0.1, -0.05) is 37.3 Å². The Kier molecular flexibility index (Phi) is 5.41. The summed E-state index contributed by atoms with van der Waals surface area (Å²) in [5, 5.41) is 6.20. The lowest BCUT2D eigenvalue weighted by molar-refractivity contribution is 0.0685. The molecule has 4 nitrogen and oxygen atoms in total. The van der Waals surface area contributed by atoms with Crippen molar-refractivity contribution in [2.75, 3.05) is 26.2 Å². The molecule has 0 saturated carbocycles. The summed E-state index contributed by atoms with van der Waals surface area (Å²) >= 11 is 1.54. The third-order valence-electron chi connectivity index (χ3n) is 4.33. The normalized spacial score (nSPS) is 15.8. The van der Waals surface area contributed by atoms with Crippen molar-refractivity contribution in [1.29, 1.82) is 0 Å². The maximum absolute atomic E-state index is 12.6. The summed E-state index contributed by atoms with van der Waals surface area (Å²) in [6.07, 6.45) is 2.16. The van der Waals surface area contributed by atoms with Crippen LogP contribution in [0.25, 0.3) is 10.6 Å². The zero-order chi connectivity index (χ0) is 16.1. The van der Waals surface area contributed by atoms with Crippen molar-refractivity contribution < 1.29 is 4.79 Å². The molecule has 1 aliphatic rings. The molecular formula is C18H23N3OS. The minimum Gasteiger partial charge on any atom is -0.337 e. The SMILES string of the molecule is CCNCC1CCN(C(=O)c2csc(-c3ccccc3)n2)CC1. The Bertz CT molecular complexity index is 633. The summed E-state index contributed by atoms with van der Waals surface area (Å²) in [5.74, 6) is 0.764. The van der Waals surface area contributed by atoms with Crippen molar-refractivity contribution in [2.24, 2.45) is 5.92 Å². The number of hydrogen-bond acceptors (Lipinski definition) is 4. The van der Waals surface area contributed by atoms with E-state index < -0.39 is 0 Å². The number of likely N-dealkylation sites (tertiary alicyclic amines) is 1. The first-order valence-electron chi connectivity index (χ1n) is 8.29. The van der Waals surface area contributed by atoms with Crippen molar-refractivity contribution in [3.8, 4) is 10.6 Å². The molecular weight excluding hydrogens is 306 g/mol. The van der Waals surface area contributed by atoms with Gasteiger partial charge in [0.1, 0.15) is 10.7 Å². The summed E-state index contributed by atoms with van der Waals surface area (Å²) in [6, 6.07) is 10.0. The van der Waals surface area contributed by atoms with Crippen molar-refractivity contribution in [3.63, 3.8) is 0 Å². The van der Waals surface area contributed by atoms with Gasteiger partial charge in [-0.2, -0.15) is 0 Å². The zero-order valence-electron chi connectivity index (χ0n) is 13.5. The highest BCUT2D eigenvalue weighted by Gasteiger charge is 2.24. The van der Waals surface area contributed by atoms with E-state index in [0.717, 1.165) is 49.6 Å². The van der Waals surface area contributed by atoms with Gasteiger partial charge in [0.25, 0.3) is 5.91 Å². The van der Waals surface area contributed by atoms with Gasteiger partial charge in [-0.15, -0.1) is 11.3 Å². The van der Waals surface area contributed by atoms with Gasteiger partial charge in [0, 0.05) is 24.0 Å². The van der Waals surface area contributed by atoms with Crippen molar-refractivity contribution in [2.45, 2.75) is 19.8 Å². The minimum atomic E-state index is 0.0744. The van der Waals surface area contributed by atoms with Crippen LogP contribution < -0.4 is 5.32 Å². The molecule has 1 N–H and O–H groups in total. The molecule has 0 atom stereocenters. The van der Waals surface area contributed by atoms with Crippen LogP contribution in [0.5, 0.6) is 0 Å². The fraction of sp³-hybridized carbons (Fsp3) is 0.444. The van der Waals surface area contributed by atoms with Crippen LogP contribution in [0.4, 0.5) is 0 Å². The summed E-state index contributed by atoms with van der Waals surface area (Å²) in [6.45, 7) is 5.89. The molecule has 0 aliphatic carbocycles. The highest BCUT2D eigenvalue weighted by molar-refractivity contribution is 7.13. The monoisotopic (exact) mass is 329 g/mol. The Hall–Kier alpha value is -1.72. The Morgan fingerprint density at radius 2 is 2.04 bits per heavy atom. The van der Waals surface area contributed by atoms with Gasteiger partial charge in [-0.3, -0.25) is 4.79 Å². The van der Waals surface area contributed by atoms with E-state index >= 15 is 0 Å². The summed E-state index contributed by atoms with van der Waals surface area (Å²) < 4.78 is 0. The lowest BCUT2D eigenvalue weighted by Crippen LogP contribution is -2.40. The number of nitrogens with zero attached hydrogens (tertiary/aromatic N) is 2. The number of amides is 1. The fourth-order valence-electron chi connectivity index (χ4n) is 2.94. The van der Waals surface area contributed by atoms with Gasteiger partial charge in [0.15, 0.2) is 0 Å². The van der Waals surface area contributed by atoms with Crippen LogP contribution >= 0.6 is 11.3 Å². The molecule has 23 heavy (non-hydrogen) atoms. The standard InChI is InChI=1S/C18H23N3OS/c1-2-19-12-14-8-10-21(11-9-14)18(22)16-13-23-17(20-16)15-6-4-3-5-7-15/h3-7,13-14,19H,2,8-12H2,1H3. The molecule has 2 heterocycles. The van der Waals surface area contributed by atoms with E-state index in [9.17, 15) is 4.79 Å². The van der Waals surface area contributed by atoms with Crippen LogP contribution in [0.15, 0.2) is 35.7 Å². The van der Waals surface area contributed by atoms with Crippen LogP contribution in [0.2, 0.25) is 0 Å². The van der Waals surface area contributed by atoms with Crippen LogP contribution in [-0.4, -0.2) is 42.0 Å². The Morgan fingerprint density at radius 3 is 2.74 bits per heavy atom. The maximum atomic E-state index is 12.6. The molecule has 0 bridgehead atoms. The second-order valence-corrected chi connectivity index (χ2v) is 6.81. The number of thiazole rings is 1. The van der Waals surface area contributed by atoms with E-state index in [0.29, 0.717) is 11.6 Å². The average Bonchev–Trinajstić information content (AvgIpc) is 3.11. The molecule has 0 unspecified atom stereocenters. The Labute approximate surface area is 141 Å². The van der Waals surface area contributed by atoms with Crippen LogP contribution in [0.1, 0.15) is 30.3 Å². The number of rotatable bonds is 5. The summed E-state index contributed by atoms with van der Waals surface area (Å²) in [4.78, 5) is 19.1. The highest BCUT2D eigenvalue weighted by Crippen LogP contribution is 2.25. The minimum absolute atomic E-state index is 0.0744. The topological polar surface area (TPSA) is 45.2 Å². The van der Waals surface area contributed by atoms with Gasteiger partial charge in [-0.05, 0) is 31.8 Å². The molecule has 1 aromatic heterocycles. The van der Waals surface area contributed by atoms with E-state index in [1.807, 2.05) is 40.6 Å². The van der Waals surface area contributed by atoms with Gasteiger partial charge < -0.3 is 10.2 Å². The molecule has 1 saturated heterocycles. The van der Waals surface area contributed by atoms with Crippen LogP contribution in [0, 0.1) is 5.92 Å². The molecule has 1 amide bonds. The Morgan fingerprint density at radius 1 is 1.30 bits per heavy atom. The van der Waals surface area contributed by atoms with E-state index in [1.54, 1.807) is 0 Å². The van der Waals surface area contributed by atoms with E-state index in [-0.39, 0.29) is 5.91 Å². The van der Waals surface area contributed by atoms with E-state index in [2.05, 4.69) is 17.2 Å². The average molecular weight is 329 g/mol. The molecule has 122 valence electrons. The van der Waals surface area contributed by atoms with Gasteiger partial charge in [-0.25, -0.2) is 4.98 Å². The Balaban J connectivity index is 1.60. The first-order valence-corrected chi connectivity index (χ1v) is 9.17. The van der Waals surface area contributed by atoms with Crippen LogP contribution in [-0.2, 0) is 0 Å². The lowest BCUT2D eigenvalue weighted by Gasteiger charge is -2.31. The van der Waals surface area contributed by atoms with Crippen molar-refractivity contribution in [1.82, 2.24) is 15.2 Å². The number of piperidine rings is 1. The second kappa shape index (κ2) is 7.70. The third-order valence-corrected chi connectivity index (χ3v) is 5.22. The first-order chi connectivity index (χ1) is 11.3. The number of benzene rings is 1. The molecule has 2 aromatic rings. The van der Waals surface area contributed by atoms with E-state index in [1.165, 1.54) is 11.3 Å². The number of aromatic nitrogens is 1. The van der Waals surface area contributed by atoms with Crippen LogP contribution in [0.3, 0.4) is 0 Å². The molecule has 5 heteroatoms. The molecule has 1 aliphatic heterocycles. The van der Waals surface area contributed by atoms with Crippen molar-refractivity contribution >= 4 is 17.2 Å². The quantitative estimate of drug-likeness (QED) is 0.916. The lowest BCUT2D eigenvalue weighted by atomic mass is 9.96. The molecule has 1 fully saturated rings. The maximum Gasteiger partial charge on any atom is 0.273 e. The number of nitrogens with one attached hydrogen (secondary N) is 1. The first kappa shape index (κ1) is 16.1.